The second-order valence-electron chi connectivity index (χ2n) is 11.1. The van der Waals surface area contributed by atoms with E-state index in [4.69, 9.17) is 16.3 Å². The Morgan fingerprint density at radius 3 is 2.63 bits per heavy atom. The molecule has 3 aromatic heterocycles. The van der Waals surface area contributed by atoms with Crippen molar-refractivity contribution in [2.45, 2.75) is 44.2 Å². The van der Waals surface area contributed by atoms with Crippen molar-refractivity contribution in [2.24, 2.45) is 0 Å². The summed E-state index contributed by atoms with van der Waals surface area (Å²) < 4.78 is 24.9. The number of aromatic amines is 1. The highest BCUT2D eigenvalue weighted by Crippen LogP contribution is 2.48. The van der Waals surface area contributed by atoms with Crippen molar-refractivity contribution in [2.75, 3.05) is 6.61 Å². The Hall–Kier alpha value is -4.07. The van der Waals surface area contributed by atoms with Gasteiger partial charge in [0.2, 0.25) is 0 Å². The fourth-order valence-electron chi connectivity index (χ4n) is 6.39. The molecule has 2 aliphatic rings. The highest BCUT2D eigenvalue weighted by molar-refractivity contribution is 6.38. The number of fused-ring (bicyclic) bond motifs is 4. The lowest BCUT2D eigenvalue weighted by molar-refractivity contribution is -0.596. The maximum absolute atomic E-state index is 15.3. The predicted octanol–water partition coefficient (Wildman–Crippen LogP) is 7.34. The Balaban J connectivity index is 1.52. The smallest absolute Gasteiger partial charge is 0.321 e. The zero-order valence-electron chi connectivity index (χ0n) is 22.2. The van der Waals surface area contributed by atoms with Crippen LogP contribution >= 0.6 is 11.6 Å². The number of benzene rings is 3. The minimum absolute atomic E-state index is 0.244. The standard InChI is InChI=1S/C33H26ClFN4O2/c34-25-8-6-7-20-22(19-10-11-19)17-23-28(32(38-14-3-1-4-15-38)33(40)36-31(23)29(20)25)21-12-13-26(35)30-24(21)18-39(37-30)27-9-2-5-16-41-27/h1,3-4,6-8,12-15,17-19,27H,2,5,9-11,16H2/p+1. The highest BCUT2D eigenvalue weighted by atomic mass is 35.5. The molecule has 0 spiro atoms. The second kappa shape index (κ2) is 9.50. The van der Waals surface area contributed by atoms with Crippen LogP contribution in [0.5, 0.6) is 0 Å². The molecule has 1 N–H and O–H groups in total. The molecule has 2 fully saturated rings. The van der Waals surface area contributed by atoms with Crippen molar-refractivity contribution >= 4 is 44.2 Å². The molecule has 1 aliphatic carbocycles. The molecule has 3 aromatic carbocycles. The lowest BCUT2D eigenvalue weighted by Gasteiger charge is -2.22. The Morgan fingerprint density at radius 2 is 1.85 bits per heavy atom. The number of hydrogen-bond donors (Lipinski definition) is 1. The monoisotopic (exact) mass is 565 g/mol. The van der Waals surface area contributed by atoms with Crippen molar-refractivity contribution in [3.63, 3.8) is 0 Å². The molecule has 1 unspecified atom stereocenters. The summed E-state index contributed by atoms with van der Waals surface area (Å²) in [6.07, 6.45) is 10.4. The Labute approximate surface area is 239 Å². The zero-order chi connectivity index (χ0) is 27.7. The molecule has 0 amide bonds. The topological polar surface area (TPSA) is 63.8 Å². The Morgan fingerprint density at radius 1 is 1.00 bits per heavy atom. The van der Waals surface area contributed by atoms with E-state index in [2.05, 4.69) is 22.2 Å². The molecule has 0 radical (unpaired) electrons. The molecule has 0 bridgehead atoms. The zero-order valence-corrected chi connectivity index (χ0v) is 23.0. The van der Waals surface area contributed by atoms with Crippen molar-refractivity contribution in [1.82, 2.24) is 14.8 Å². The maximum atomic E-state index is 15.3. The average molecular weight is 566 g/mol. The number of H-pyrrole nitrogens is 1. The molecule has 6 aromatic rings. The van der Waals surface area contributed by atoms with Crippen LogP contribution in [0.15, 0.2) is 78.0 Å². The van der Waals surface area contributed by atoms with E-state index in [1.807, 2.05) is 53.5 Å². The Kier molecular flexibility index (Phi) is 5.72. The molecule has 1 aliphatic heterocycles. The highest BCUT2D eigenvalue weighted by Gasteiger charge is 2.31. The van der Waals surface area contributed by atoms with Crippen molar-refractivity contribution < 1.29 is 13.7 Å². The third-order valence-electron chi connectivity index (χ3n) is 8.46. The molecule has 8 heteroatoms. The van der Waals surface area contributed by atoms with Gasteiger partial charge in [0, 0.05) is 46.7 Å². The van der Waals surface area contributed by atoms with E-state index in [1.54, 1.807) is 10.7 Å². The first kappa shape index (κ1) is 24.7. The minimum Gasteiger partial charge on any atom is -0.357 e. The average Bonchev–Trinajstić information content (AvgIpc) is 3.74. The summed E-state index contributed by atoms with van der Waals surface area (Å²) in [5.41, 5.74) is 3.81. The maximum Gasteiger partial charge on any atom is 0.321 e. The molecule has 8 rings (SSSR count). The van der Waals surface area contributed by atoms with Crippen LogP contribution in [-0.4, -0.2) is 21.4 Å². The van der Waals surface area contributed by atoms with Gasteiger partial charge in [0.05, 0.1) is 16.1 Å². The van der Waals surface area contributed by atoms with Crippen LogP contribution in [0.2, 0.25) is 5.02 Å². The molecular formula is C33H27ClFN4O2+. The fourth-order valence-corrected chi connectivity index (χ4v) is 6.66. The molecule has 41 heavy (non-hydrogen) atoms. The van der Waals surface area contributed by atoms with Crippen LogP contribution < -0.4 is 10.1 Å². The summed E-state index contributed by atoms with van der Waals surface area (Å²) in [5.74, 6) is 0.0287. The summed E-state index contributed by atoms with van der Waals surface area (Å²) in [7, 11) is 0. The van der Waals surface area contributed by atoms with Gasteiger partial charge in [-0.1, -0.05) is 35.9 Å². The van der Waals surface area contributed by atoms with Gasteiger partial charge in [-0.05, 0) is 67.2 Å². The number of nitrogens with one attached hydrogen (secondary N) is 1. The van der Waals surface area contributed by atoms with E-state index in [0.717, 1.165) is 59.4 Å². The van der Waals surface area contributed by atoms with Gasteiger partial charge in [-0.2, -0.15) is 9.67 Å². The number of hydrogen-bond acceptors (Lipinski definition) is 3. The van der Waals surface area contributed by atoms with Gasteiger partial charge in [0.15, 0.2) is 18.2 Å². The quantitative estimate of drug-likeness (QED) is 0.180. The van der Waals surface area contributed by atoms with E-state index in [1.165, 1.54) is 11.6 Å². The van der Waals surface area contributed by atoms with Gasteiger partial charge in [-0.3, -0.25) is 4.79 Å². The van der Waals surface area contributed by atoms with E-state index in [-0.39, 0.29) is 17.3 Å². The second-order valence-corrected chi connectivity index (χ2v) is 11.5. The summed E-state index contributed by atoms with van der Waals surface area (Å²) in [5, 5.41) is 8.63. The normalized spacial score (nSPS) is 17.6. The first-order valence-corrected chi connectivity index (χ1v) is 14.5. The fraction of sp³-hybridized carbons (Fsp3) is 0.242. The van der Waals surface area contributed by atoms with Gasteiger partial charge >= 0.3 is 5.56 Å². The van der Waals surface area contributed by atoms with Gasteiger partial charge in [-0.25, -0.2) is 9.07 Å². The van der Waals surface area contributed by atoms with Crippen LogP contribution in [0, 0.1) is 5.82 Å². The third kappa shape index (κ3) is 3.98. The van der Waals surface area contributed by atoms with Crippen molar-refractivity contribution in [3.05, 3.63) is 99.9 Å². The van der Waals surface area contributed by atoms with Gasteiger partial charge in [0.1, 0.15) is 11.7 Å². The minimum atomic E-state index is -0.409. The number of ether oxygens (including phenoxy) is 1. The predicted molar refractivity (Wildman–Crippen MR) is 158 cm³/mol. The summed E-state index contributed by atoms with van der Waals surface area (Å²) >= 11 is 6.84. The van der Waals surface area contributed by atoms with E-state index >= 15 is 4.39 Å². The van der Waals surface area contributed by atoms with Crippen molar-refractivity contribution in [3.8, 4) is 16.8 Å². The van der Waals surface area contributed by atoms with Crippen LogP contribution in [0.4, 0.5) is 4.39 Å². The molecule has 4 heterocycles. The molecule has 1 saturated heterocycles. The third-order valence-corrected chi connectivity index (χ3v) is 8.77. The number of nitrogens with zero attached hydrogens (tertiary/aromatic N) is 3. The lowest BCUT2D eigenvalue weighted by atomic mass is 9.91. The van der Waals surface area contributed by atoms with E-state index in [9.17, 15) is 4.79 Å². The number of halogens is 2. The van der Waals surface area contributed by atoms with E-state index in [0.29, 0.717) is 34.1 Å². The van der Waals surface area contributed by atoms with Gasteiger partial charge < -0.3 is 9.72 Å². The first-order valence-electron chi connectivity index (χ1n) is 14.2. The largest absolute Gasteiger partial charge is 0.357 e. The number of pyridine rings is 2. The van der Waals surface area contributed by atoms with Crippen LogP contribution in [0.25, 0.3) is 49.4 Å². The summed E-state index contributed by atoms with van der Waals surface area (Å²) in [6.45, 7) is 0.654. The van der Waals surface area contributed by atoms with Crippen LogP contribution in [0.1, 0.15) is 49.8 Å². The molecular weight excluding hydrogens is 539 g/mol. The van der Waals surface area contributed by atoms with E-state index < -0.39 is 5.82 Å². The summed E-state index contributed by atoms with van der Waals surface area (Å²) in [6, 6.07) is 17.0. The summed E-state index contributed by atoms with van der Waals surface area (Å²) in [4.78, 5) is 17.2. The number of rotatable bonds is 4. The number of aromatic nitrogens is 4. The molecule has 6 nitrogen and oxygen atoms in total. The molecule has 204 valence electrons. The van der Waals surface area contributed by atoms with Gasteiger partial charge in [0.25, 0.3) is 5.69 Å². The van der Waals surface area contributed by atoms with Crippen LogP contribution in [-0.2, 0) is 4.74 Å². The molecule has 1 saturated carbocycles. The Bertz CT molecular complexity index is 2040. The molecule has 1 atom stereocenters. The SMILES string of the molecule is O=c1[nH]c2c(cc(C3CC3)c3cccc(Cl)c32)c(-c2ccc(F)c3nn(C4CCCCO4)cc23)c1-[n+]1ccccc1. The van der Waals surface area contributed by atoms with Crippen LogP contribution in [0.3, 0.4) is 0 Å². The van der Waals surface area contributed by atoms with Gasteiger partial charge in [-0.15, -0.1) is 0 Å². The lowest BCUT2D eigenvalue weighted by Crippen LogP contribution is -2.37. The first-order chi connectivity index (χ1) is 20.1. The van der Waals surface area contributed by atoms with Crippen molar-refractivity contribution in [1.29, 1.82) is 0 Å².